The van der Waals surface area contributed by atoms with Gasteiger partial charge in [0.15, 0.2) is 17.2 Å². The molecule has 0 unspecified atom stereocenters. The van der Waals surface area contributed by atoms with Crippen molar-refractivity contribution in [1.29, 1.82) is 0 Å². The molecule has 0 aliphatic rings. The Kier molecular flexibility index (Phi) is 3.51. The average molecular weight is 286 g/mol. The van der Waals surface area contributed by atoms with E-state index in [2.05, 4.69) is 15.2 Å². The third-order valence-electron chi connectivity index (χ3n) is 3.29. The van der Waals surface area contributed by atoms with E-state index in [-0.39, 0.29) is 11.6 Å². The molecule has 0 saturated heterocycles. The summed E-state index contributed by atoms with van der Waals surface area (Å²) < 4.78 is 20.9. The number of aryl methyl sites for hydroxylation is 1. The lowest BCUT2D eigenvalue weighted by Gasteiger charge is -2.08. The van der Waals surface area contributed by atoms with E-state index < -0.39 is 0 Å². The first-order valence-electron chi connectivity index (χ1n) is 6.83. The number of aromatic nitrogens is 4. The van der Waals surface area contributed by atoms with Crippen LogP contribution in [0.15, 0.2) is 30.7 Å². The van der Waals surface area contributed by atoms with Crippen molar-refractivity contribution in [1.82, 2.24) is 19.7 Å². The highest BCUT2D eigenvalue weighted by atomic mass is 19.1. The molecule has 0 amide bonds. The van der Waals surface area contributed by atoms with Crippen molar-refractivity contribution in [2.24, 2.45) is 0 Å². The van der Waals surface area contributed by atoms with Gasteiger partial charge in [-0.3, -0.25) is 0 Å². The quantitative estimate of drug-likeness (QED) is 0.739. The number of benzene rings is 1. The van der Waals surface area contributed by atoms with Crippen molar-refractivity contribution in [3.63, 3.8) is 0 Å². The fourth-order valence-corrected chi connectivity index (χ4v) is 2.25. The standard InChI is InChI=1S/C15H15FN4O/c1-3-20-9-17-14-11(8-18-19-15(14)20)10-5-6-12(16)13(7-10)21-4-2/h5-9H,3-4H2,1-2H3. The molecule has 0 N–H and O–H groups in total. The molecule has 108 valence electrons. The van der Waals surface area contributed by atoms with Crippen molar-refractivity contribution in [3.8, 4) is 16.9 Å². The van der Waals surface area contributed by atoms with Gasteiger partial charge in [0.1, 0.15) is 5.52 Å². The number of hydrogen-bond donors (Lipinski definition) is 0. The summed E-state index contributed by atoms with van der Waals surface area (Å²) in [5, 5.41) is 8.14. The molecule has 0 spiro atoms. The third-order valence-corrected chi connectivity index (χ3v) is 3.29. The second-order valence-corrected chi connectivity index (χ2v) is 4.54. The van der Waals surface area contributed by atoms with E-state index in [4.69, 9.17) is 4.74 Å². The van der Waals surface area contributed by atoms with E-state index in [9.17, 15) is 4.39 Å². The van der Waals surface area contributed by atoms with Crippen molar-refractivity contribution < 1.29 is 9.13 Å². The topological polar surface area (TPSA) is 52.8 Å². The number of imidazole rings is 1. The molecular weight excluding hydrogens is 271 g/mol. The minimum Gasteiger partial charge on any atom is -0.491 e. The summed E-state index contributed by atoms with van der Waals surface area (Å²) in [4.78, 5) is 4.39. The van der Waals surface area contributed by atoms with Crippen LogP contribution < -0.4 is 4.74 Å². The molecule has 0 atom stereocenters. The maximum atomic E-state index is 13.7. The van der Waals surface area contributed by atoms with Crippen molar-refractivity contribution in [2.45, 2.75) is 20.4 Å². The van der Waals surface area contributed by atoms with Crippen molar-refractivity contribution in [3.05, 3.63) is 36.5 Å². The fourth-order valence-electron chi connectivity index (χ4n) is 2.25. The van der Waals surface area contributed by atoms with Gasteiger partial charge in [-0.25, -0.2) is 9.37 Å². The van der Waals surface area contributed by atoms with Gasteiger partial charge in [0.25, 0.3) is 0 Å². The highest BCUT2D eigenvalue weighted by Gasteiger charge is 2.13. The second kappa shape index (κ2) is 5.47. The Labute approximate surface area is 121 Å². The van der Waals surface area contributed by atoms with Gasteiger partial charge in [0.2, 0.25) is 0 Å². The maximum Gasteiger partial charge on any atom is 0.183 e. The van der Waals surface area contributed by atoms with Crippen molar-refractivity contribution >= 4 is 11.2 Å². The van der Waals surface area contributed by atoms with Crippen LogP contribution in [0.3, 0.4) is 0 Å². The largest absolute Gasteiger partial charge is 0.491 e. The van der Waals surface area contributed by atoms with E-state index >= 15 is 0 Å². The summed E-state index contributed by atoms with van der Waals surface area (Å²) in [5.41, 5.74) is 3.09. The Morgan fingerprint density at radius 3 is 2.90 bits per heavy atom. The molecule has 3 rings (SSSR count). The van der Waals surface area contributed by atoms with Crippen LogP contribution >= 0.6 is 0 Å². The Morgan fingerprint density at radius 1 is 1.29 bits per heavy atom. The molecule has 0 saturated carbocycles. The minimum atomic E-state index is -0.377. The van der Waals surface area contributed by atoms with Gasteiger partial charge in [0.05, 0.1) is 19.1 Å². The highest BCUT2D eigenvalue weighted by Crippen LogP contribution is 2.29. The van der Waals surface area contributed by atoms with E-state index in [1.807, 2.05) is 18.4 Å². The number of nitrogens with zero attached hydrogens (tertiary/aromatic N) is 4. The molecule has 0 bridgehead atoms. The Bertz CT molecular complexity index is 784. The van der Waals surface area contributed by atoms with Gasteiger partial charge >= 0.3 is 0 Å². The molecule has 1 aromatic carbocycles. The first-order valence-corrected chi connectivity index (χ1v) is 6.83. The van der Waals surface area contributed by atoms with Crippen LogP contribution in [-0.2, 0) is 6.54 Å². The van der Waals surface area contributed by atoms with Gasteiger partial charge in [-0.1, -0.05) is 6.07 Å². The van der Waals surface area contributed by atoms with Crippen LogP contribution in [-0.4, -0.2) is 26.4 Å². The molecule has 6 heteroatoms. The molecule has 21 heavy (non-hydrogen) atoms. The summed E-state index contributed by atoms with van der Waals surface area (Å²) in [5.74, 6) is -0.146. The third kappa shape index (κ3) is 2.33. The lowest BCUT2D eigenvalue weighted by molar-refractivity contribution is 0.322. The molecule has 2 heterocycles. The van der Waals surface area contributed by atoms with E-state index in [0.29, 0.717) is 6.61 Å². The van der Waals surface area contributed by atoms with E-state index in [1.54, 1.807) is 24.7 Å². The zero-order valence-corrected chi connectivity index (χ0v) is 11.9. The normalized spacial score (nSPS) is 11.0. The van der Waals surface area contributed by atoms with Gasteiger partial charge < -0.3 is 9.30 Å². The summed E-state index contributed by atoms with van der Waals surface area (Å²) >= 11 is 0. The van der Waals surface area contributed by atoms with Gasteiger partial charge in [0, 0.05) is 12.1 Å². The Morgan fingerprint density at radius 2 is 2.14 bits per heavy atom. The summed E-state index contributed by atoms with van der Waals surface area (Å²) in [6, 6.07) is 4.75. The number of ether oxygens (including phenoxy) is 1. The zero-order valence-electron chi connectivity index (χ0n) is 11.9. The lowest BCUT2D eigenvalue weighted by atomic mass is 10.1. The van der Waals surface area contributed by atoms with Crippen LogP contribution in [0.25, 0.3) is 22.3 Å². The predicted octanol–water partition coefficient (Wildman–Crippen LogP) is 3.05. The molecule has 0 radical (unpaired) electrons. The summed E-state index contributed by atoms with van der Waals surface area (Å²) in [6.07, 6.45) is 3.37. The second-order valence-electron chi connectivity index (χ2n) is 4.54. The van der Waals surface area contributed by atoms with Gasteiger partial charge in [-0.05, 0) is 31.5 Å². The number of fused-ring (bicyclic) bond motifs is 1. The van der Waals surface area contributed by atoms with E-state index in [0.717, 1.165) is 28.8 Å². The van der Waals surface area contributed by atoms with Crippen LogP contribution in [0.5, 0.6) is 5.75 Å². The van der Waals surface area contributed by atoms with Crippen LogP contribution in [0.1, 0.15) is 13.8 Å². The molecule has 0 fully saturated rings. The van der Waals surface area contributed by atoms with Gasteiger partial charge in [-0.2, -0.15) is 5.10 Å². The highest BCUT2D eigenvalue weighted by molar-refractivity contribution is 5.89. The lowest BCUT2D eigenvalue weighted by Crippen LogP contribution is -1.97. The SMILES string of the molecule is CCOc1cc(-c2cnnc3c2ncn3CC)ccc1F. The van der Waals surface area contributed by atoms with Crippen molar-refractivity contribution in [2.75, 3.05) is 6.61 Å². The molecule has 0 aliphatic carbocycles. The molecule has 5 nitrogen and oxygen atoms in total. The molecular formula is C15H15FN4O. The molecule has 2 aromatic heterocycles. The maximum absolute atomic E-state index is 13.7. The Hall–Kier alpha value is -2.50. The van der Waals surface area contributed by atoms with Crippen LogP contribution in [0, 0.1) is 5.82 Å². The smallest absolute Gasteiger partial charge is 0.183 e. The first-order chi connectivity index (χ1) is 10.2. The average Bonchev–Trinajstić information content (AvgIpc) is 2.93. The summed E-state index contributed by atoms with van der Waals surface area (Å²) in [6.45, 7) is 5.01. The summed E-state index contributed by atoms with van der Waals surface area (Å²) in [7, 11) is 0. The number of halogens is 1. The van der Waals surface area contributed by atoms with Crippen LogP contribution in [0.4, 0.5) is 4.39 Å². The van der Waals surface area contributed by atoms with Crippen LogP contribution in [0.2, 0.25) is 0 Å². The minimum absolute atomic E-state index is 0.231. The first kappa shape index (κ1) is 13.5. The monoisotopic (exact) mass is 286 g/mol. The number of hydrogen-bond acceptors (Lipinski definition) is 4. The number of rotatable bonds is 4. The molecule has 3 aromatic rings. The zero-order chi connectivity index (χ0) is 14.8. The fraction of sp³-hybridized carbons (Fsp3) is 0.267. The Balaban J connectivity index is 2.16. The molecule has 0 aliphatic heterocycles. The predicted molar refractivity (Wildman–Crippen MR) is 77.6 cm³/mol. The van der Waals surface area contributed by atoms with Gasteiger partial charge in [-0.15, -0.1) is 5.10 Å². The van der Waals surface area contributed by atoms with E-state index in [1.165, 1.54) is 6.07 Å².